The molecule has 1 aromatic carbocycles. The van der Waals surface area contributed by atoms with Crippen molar-refractivity contribution in [2.75, 3.05) is 12.4 Å². The fourth-order valence-corrected chi connectivity index (χ4v) is 4.43. The molecule has 0 unspecified atom stereocenters. The number of aliphatic hydroxyl groups excluding tert-OH is 1. The molecule has 0 spiro atoms. The number of benzene rings is 1. The number of rotatable bonds is 4. The first-order chi connectivity index (χ1) is 9.01. The number of aryl methyl sites for hydroxylation is 1. The van der Waals surface area contributed by atoms with E-state index in [1.54, 1.807) is 12.1 Å². The minimum absolute atomic E-state index is 0.234. The van der Waals surface area contributed by atoms with Gasteiger partial charge in [-0.05, 0) is 56.6 Å². The second-order valence-corrected chi connectivity index (χ2v) is 7.70. The fourth-order valence-electron chi connectivity index (χ4n) is 2.73. The first-order valence-electron chi connectivity index (χ1n) is 6.91. The van der Waals surface area contributed by atoms with E-state index in [0.717, 1.165) is 31.2 Å². The minimum Gasteiger partial charge on any atom is -0.396 e. The van der Waals surface area contributed by atoms with Crippen molar-refractivity contribution in [1.29, 1.82) is 0 Å². The van der Waals surface area contributed by atoms with Crippen molar-refractivity contribution in [3.63, 3.8) is 0 Å². The van der Waals surface area contributed by atoms with E-state index in [1.165, 1.54) is 0 Å². The molecule has 0 aromatic heterocycles. The summed E-state index contributed by atoms with van der Waals surface area (Å²) in [5.41, 5.74) is 1.07. The first kappa shape index (κ1) is 14.5. The third kappa shape index (κ3) is 3.80. The van der Waals surface area contributed by atoms with E-state index in [2.05, 4.69) is 0 Å². The van der Waals surface area contributed by atoms with Gasteiger partial charge in [-0.25, -0.2) is 8.42 Å². The normalized spacial score (nSPS) is 24.3. The number of hydrogen-bond donors (Lipinski definition) is 1. The number of sulfone groups is 1. The molecular formula is C15H22O3S. The minimum atomic E-state index is -3.16. The van der Waals surface area contributed by atoms with Crippen molar-refractivity contribution in [2.24, 2.45) is 11.8 Å². The predicted molar refractivity (Wildman–Crippen MR) is 75.8 cm³/mol. The van der Waals surface area contributed by atoms with Crippen LogP contribution in [0.4, 0.5) is 0 Å². The van der Waals surface area contributed by atoms with Gasteiger partial charge in [0.2, 0.25) is 0 Å². The van der Waals surface area contributed by atoms with E-state index in [4.69, 9.17) is 5.11 Å². The Labute approximate surface area is 115 Å². The molecule has 0 amide bonds. The highest BCUT2D eigenvalue weighted by Gasteiger charge is 2.26. The Kier molecular flexibility index (Phi) is 4.63. The van der Waals surface area contributed by atoms with Gasteiger partial charge >= 0.3 is 0 Å². The molecule has 2 rings (SSSR count). The summed E-state index contributed by atoms with van der Waals surface area (Å²) in [6.07, 6.45) is 3.72. The molecule has 0 saturated heterocycles. The highest BCUT2D eigenvalue weighted by Crippen LogP contribution is 2.30. The summed E-state index contributed by atoms with van der Waals surface area (Å²) in [6, 6.07) is 7.08. The van der Waals surface area contributed by atoms with Crippen molar-refractivity contribution < 1.29 is 13.5 Å². The summed E-state index contributed by atoms with van der Waals surface area (Å²) < 4.78 is 24.6. The molecule has 4 heteroatoms. The van der Waals surface area contributed by atoms with Crippen LogP contribution >= 0.6 is 0 Å². The Morgan fingerprint density at radius 3 is 2.11 bits per heavy atom. The van der Waals surface area contributed by atoms with Gasteiger partial charge in [0.25, 0.3) is 0 Å². The smallest absolute Gasteiger partial charge is 0.178 e. The Bertz CT molecular complexity index is 497. The number of hydrogen-bond acceptors (Lipinski definition) is 3. The third-order valence-electron chi connectivity index (χ3n) is 4.06. The monoisotopic (exact) mass is 282 g/mol. The molecule has 1 N–H and O–H groups in total. The lowest BCUT2D eigenvalue weighted by Gasteiger charge is -2.27. The van der Waals surface area contributed by atoms with Crippen LogP contribution in [0.3, 0.4) is 0 Å². The van der Waals surface area contributed by atoms with E-state index in [9.17, 15) is 8.42 Å². The van der Waals surface area contributed by atoms with Crippen molar-refractivity contribution in [2.45, 2.75) is 37.5 Å². The molecule has 1 fully saturated rings. The molecule has 106 valence electrons. The molecule has 0 atom stereocenters. The Hall–Kier alpha value is -0.870. The highest BCUT2D eigenvalue weighted by atomic mass is 32.2. The van der Waals surface area contributed by atoms with Gasteiger partial charge in [-0.1, -0.05) is 17.7 Å². The van der Waals surface area contributed by atoms with Gasteiger partial charge in [0, 0.05) is 6.61 Å². The van der Waals surface area contributed by atoms with Gasteiger partial charge in [-0.2, -0.15) is 0 Å². The van der Waals surface area contributed by atoms with Crippen LogP contribution in [-0.4, -0.2) is 25.9 Å². The van der Waals surface area contributed by atoms with Crippen molar-refractivity contribution in [1.82, 2.24) is 0 Å². The maximum Gasteiger partial charge on any atom is 0.178 e. The Morgan fingerprint density at radius 1 is 1.05 bits per heavy atom. The van der Waals surface area contributed by atoms with Crippen LogP contribution < -0.4 is 0 Å². The van der Waals surface area contributed by atoms with Gasteiger partial charge in [0.15, 0.2) is 9.84 Å². The Morgan fingerprint density at radius 2 is 1.58 bits per heavy atom. The van der Waals surface area contributed by atoms with E-state index >= 15 is 0 Å². The molecule has 0 aliphatic heterocycles. The maximum atomic E-state index is 12.3. The fraction of sp³-hybridized carbons (Fsp3) is 0.600. The summed E-state index contributed by atoms with van der Waals surface area (Å²) in [4.78, 5) is 0.433. The van der Waals surface area contributed by atoms with Gasteiger partial charge in [0.05, 0.1) is 10.6 Å². The lowest BCUT2D eigenvalue weighted by Crippen LogP contribution is -2.23. The van der Waals surface area contributed by atoms with Gasteiger partial charge in [-0.15, -0.1) is 0 Å². The van der Waals surface area contributed by atoms with E-state index < -0.39 is 9.84 Å². The molecule has 0 bridgehead atoms. The molecule has 0 heterocycles. The second kappa shape index (κ2) is 6.06. The molecule has 3 nitrogen and oxygen atoms in total. The highest BCUT2D eigenvalue weighted by molar-refractivity contribution is 7.91. The molecule has 1 aromatic rings. The summed E-state index contributed by atoms with van der Waals surface area (Å²) in [6.45, 7) is 2.18. The molecular weight excluding hydrogens is 260 g/mol. The SMILES string of the molecule is Cc1ccc(S(=O)(=O)CC2CCC(CO)CC2)cc1. The molecule has 1 saturated carbocycles. The third-order valence-corrected chi connectivity index (χ3v) is 5.96. The standard InChI is InChI=1S/C15H22O3S/c1-12-2-8-15(9-3-12)19(17,18)11-14-6-4-13(10-16)5-7-14/h2-3,8-9,13-14,16H,4-7,10-11H2,1H3. The topological polar surface area (TPSA) is 54.4 Å². The summed E-state index contributed by atoms with van der Waals surface area (Å²) in [5.74, 6) is 0.862. The van der Waals surface area contributed by atoms with Gasteiger partial charge < -0.3 is 5.11 Å². The Balaban J connectivity index is 2.00. The zero-order chi connectivity index (χ0) is 13.9. The van der Waals surface area contributed by atoms with Gasteiger partial charge in [0.1, 0.15) is 0 Å². The van der Waals surface area contributed by atoms with Gasteiger partial charge in [-0.3, -0.25) is 0 Å². The lowest BCUT2D eigenvalue weighted by atomic mass is 9.83. The zero-order valence-corrected chi connectivity index (χ0v) is 12.2. The van der Waals surface area contributed by atoms with E-state index in [1.807, 2.05) is 19.1 Å². The van der Waals surface area contributed by atoms with Crippen molar-refractivity contribution in [3.05, 3.63) is 29.8 Å². The lowest BCUT2D eigenvalue weighted by molar-refractivity contribution is 0.172. The first-order valence-corrected chi connectivity index (χ1v) is 8.57. The van der Waals surface area contributed by atoms with Crippen LogP contribution in [0.5, 0.6) is 0 Å². The molecule has 0 radical (unpaired) electrons. The van der Waals surface area contributed by atoms with Crippen LogP contribution in [0, 0.1) is 18.8 Å². The van der Waals surface area contributed by atoms with Crippen LogP contribution in [-0.2, 0) is 9.84 Å². The van der Waals surface area contributed by atoms with Crippen LogP contribution in [0.2, 0.25) is 0 Å². The quantitative estimate of drug-likeness (QED) is 0.923. The predicted octanol–water partition coefficient (Wildman–Crippen LogP) is 2.57. The average molecular weight is 282 g/mol. The van der Waals surface area contributed by atoms with Crippen molar-refractivity contribution in [3.8, 4) is 0 Å². The maximum absolute atomic E-state index is 12.3. The molecule has 1 aliphatic carbocycles. The summed E-state index contributed by atoms with van der Waals surface area (Å²) in [5, 5.41) is 9.10. The van der Waals surface area contributed by atoms with Crippen LogP contribution in [0.25, 0.3) is 0 Å². The summed E-state index contributed by atoms with van der Waals surface area (Å²) in [7, 11) is -3.16. The average Bonchev–Trinajstić information content (AvgIpc) is 2.40. The molecule has 1 aliphatic rings. The second-order valence-electron chi connectivity index (χ2n) is 5.66. The van der Waals surface area contributed by atoms with Crippen LogP contribution in [0.15, 0.2) is 29.2 Å². The van der Waals surface area contributed by atoms with E-state index in [0.29, 0.717) is 10.8 Å². The number of aliphatic hydroxyl groups is 1. The van der Waals surface area contributed by atoms with E-state index in [-0.39, 0.29) is 18.3 Å². The zero-order valence-electron chi connectivity index (χ0n) is 11.4. The van der Waals surface area contributed by atoms with Crippen LogP contribution in [0.1, 0.15) is 31.2 Å². The molecule has 19 heavy (non-hydrogen) atoms. The summed E-state index contributed by atoms with van der Waals surface area (Å²) >= 11 is 0. The largest absolute Gasteiger partial charge is 0.396 e. The van der Waals surface area contributed by atoms with Crippen molar-refractivity contribution >= 4 is 9.84 Å².